The topological polar surface area (TPSA) is 137 Å². The molecular weight excluding hydrogens is 328 g/mol. The van der Waals surface area contributed by atoms with E-state index in [4.69, 9.17) is 4.74 Å². The van der Waals surface area contributed by atoms with Gasteiger partial charge in [0.05, 0.1) is 0 Å². The van der Waals surface area contributed by atoms with Crippen LogP contribution in [0, 0.1) is 0 Å². The molecule has 126 valence electrons. The van der Waals surface area contributed by atoms with Crippen molar-refractivity contribution in [2.45, 2.75) is 0 Å². The first-order valence-electron chi connectivity index (χ1n) is 7.15. The fourth-order valence-corrected chi connectivity index (χ4v) is 2.16. The molecule has 0 aliphatic carbocycles. The number of H-pyrrole nitrogens is 2. The molecule has 0 spiro atoms. The Morgan fingerprint density at radius 2 is 1.84 bits per heavy atom. The minimum absolute atomic E-state index is 0.403. The summed E-state index contributed by atoms with van der Waals surface area (Å²) in [5, 5.41) is 17.9. The van der Waals surface area contributed by atoms with Crippen LogP contribution >= 0.6 is 0 Å². The van der Waals surface area contributed by atoms with E-state index >= 15 is 0 Å². The van der Waals surface area contributed by atoms with Crippen LogP contribution < -0.4 is 16.0 Å². The number of amides is 1. The number of carbonyl (C=O) groups excluding carboxylic acids is 1. The minimum atomic E-state index is -0.965. The monoisotopic (exact) mass is 340 g/mol. The van der Waals surface area contributed by atoms with Crippen molar-refractivity contribution in [3.63, 3.8) is 0 Å². The molecule has 3 rings (SSSR count). The van der Waals surface area contributed by atoms with E-state index in [0.717, 1.165) is 10.8 Å². The van der Waals surface area contributed by atoms with Crippen molar-refractivity contribution in [2.24, 2.45) is 10.2 Å². The Labute approximate surface area is 139 Å². The fourth-order valence-electron chi connectivity index (χ4n) is 2.16. The fraction of sp³-hybridized carbons (Fsp3) is 0.0625. The number of nitrogens with zero attached hydrogens (tertiary/aromatic N) is 2. The molecule has 1 amide bonds. The number of ether oxygens (including phenoxy) is 1. The summed E-state index contributed by atoms with van der Waals surface area (Å²) in [4.78, 5) is 38.0. The lowest BCUT2D eigenvalue weighted by molar-refractivity contribution is -0.120. The SMILES string of the molecule is O=C(COc1cccc2ccccc12)N=Nc1c(O)[nH]c(=O)[nH]c1=O. The number of fused-ring (bicyclic) bond motifs is 1. The van der Waals surface area contributed by atoms with Crippen molar-refractivity contribution in [3.8, 4) is 11.6 Å². The maximum atomic E-state index is 11.8. The van der Waals surface area contributed by atoms with E-state index in [9.17, 15) is 19.5 Å². The highest BCUT2D eigenvalue weighted by molar-refractivity contribution is 5.88. The molecule has 3 aromatic rings. The number of rotatable bonds is 4. The van der Waals surface area contributed by atoms with Gasteiger partial charge in [-0.25, -0.2) is 4.79 Å². The minimum Gasteiger partial charge on any atom is -0.493 e. The van der Waals surface area contributed by atoms with Crippen LogP contribution in [0.1, 0.15) is 0 Å². The van der Waals surface area contributed by atoms with Crippen LogP contribution in [0.3, 0.4) is 0 Å². The van der Waals surface area contributed by atoms with Crippen LogP contribution in [0.15, 0.2) is 62.3 Å². The Bertz CT molecular complexity index is 1080. The molecule has 2 aromatic carbocycles. The number of nitrogens with one attached hydrogen (secondary N) is 2. The highest BCUT2D eigenvalue weighted by Crippen LogP contribution is 2.25. The summed E-state index contributed by atoms with van der Waals surface area (Å²) in [6.07, 6.45) is 0. The number of benzene rings is 2. The first kappa shape index (κ1) is 16.1. The molecule has 0 atom stereocenters. The zero-order valence-electron chi connectivity index (χ0n) is 12.7. The Morgan fingerprint density at radius 1 is 1.08 bits per heavy atom. The Balaban J connectivity index is 1.73. The second-order valence-electron chi connectivity index (χ2n) is 4.97. The molecule has 0 radical (unpaired) electrons. The summed E-state index contributed by atoms with van der Waals surface area (Å²) >= 11 is 0. The lowest BCUT2D eigenvalue weighted by Gasteiger charge is -2.06. The van der Waals surface area contributed by atoms with Crippen molar-refractivity contribution >= 4 is 22.4 Å². The van der Waals surface area contributed by atoms with E-state index < -0.39 is 35.3 Å². The molecular formula is C16H12N4O5. The molecule has 0 unspecified atom stereocenters. The molecule has 0 aliphatic rings. The molecule has 0 aliphatic heterocycles. The average Bonchev–Trinajstić information content (AvgIpc) is 2.59. The molecule has 1 heterocycles. The number of hydrogen-bond donors (Lipinski definition) is 3. The highest BCUT2D eigenvalue weighted by atomic mass is 16.5. The Kier molecular flexibility index (Phi) is 4.38. The summed E-state index contributed by atoms with van der Waals surface area (Å²) in [6.45, 7) is -0.403. The van der Waals surface area contributed by atoms with E-state index in [1.807, 2.05) is 40.3 Å². The molecule has 0 fully saturated rings. The number of hydrogen-bond acceptors (Lipinski definition) is 6. The second kappa shape index (κ2) is 6.79. The van der Waals surface area contributed by atoms with Gasteiger partial charge < -0.3 is 9.84 Å². The predicted molar refractivity (Wildman–Crippen MR) is 88.3 cm³/mol. The molecule has 3 N–H and O–H groups in total. The van der Waals surface area contributed by atoms with E-state index in [-0.39, 0.29) is 0 Å². The summed E-state index contributed by atoms with van der Waals surface area (Å²) < 4.78 is 5.44. The van der Waals surface area contributed by atoms with Crippen LogP contribution in [0.2, 0.25) is 0 Å². The van der Waals surface area contributed by atoms with Gasteiger partial charge in [0.15, 0.2) is 6.61 Å². The molecule has 0 saturated carbocycles. The number of aromatic nitrogens is 2. The normalized spacial score (nSPS) is 11.0. The van der Waals surface area contributed by atoms with Crippen LogP contribution in [0.4, 0.5) is 5.69 Å². The third kappa shape index (κ3) is 3.61. The first-order valence-corrected chi connectivity index (χ1v) is 7.15. The average molecular weight is 340 g/mol. The Hall–Kier alpha value is -3.75. The summed E-state index contributed by atoms with van der Waals surface area (Å²) in [7, 11) is 0. The van der Waals surface area contributed by atoms with Crippen LogP contribution in [-0.2, 0) is 4.79 Å². The van der Waals surface area contributed by atoms with Gasteiger partial charge in [0.25, 0.3) is 5.56 Å². The highest BCUT2D eigenvalue weighted by Gasteiger charge is 2.09. The standard InChI is InChI=1S/C16H12N4O5/c21-12(19-20-13-14(22)17-16(24)18-15(13)23)8-25-11-7-3-5-9-4-1-2-6-10(9)11/h1-7H,8H2,(H3,17,18,22,23,24). The van der Waals surface area contributed by atoms with Crippen molar-refractivity contribution in [3.05, 3.63) is 63.3 Å². The molecule has 1 aromatic heterocycles. The van der Waals surface area contributed by atoms with Gasteiger partial charge in [0.2, 0.25) is 11.6 Å². The predicted octanol–water partition coefficient (Wildman–Crippen LogP) is 1.61. The van der Waals surface area contributed by atoms with Crippen molar-refractivity contribution in [1.29, 1.82) is 0 Å². The summed E-state index contributed by atoms with van der Waals surface area (Å²) in [5.41, 5.74) is -2.43. The van der Waals surface area contributed by atoms with E-state index in [2.05, 4.69) is 10.2 Å². The van der Waals surface area contributed by atoms with Crippen molar-refractivity contribution in [2.75, 3.05) is 6.61 Å². The van der Waals surface area contributed by atoms with Crippen molar-refractivity contribution < 1.29 is 14.6 Å². The largest absolute Gasteiger partial charge is 0.493 e. The molecule has 25 heavy (non-hydrogen) atoms. The summed E-state index contributed by atoms with van der Waals surface area (Å²) in [5.74, 6) is -1.04. The maximum Gasteiger partial charge on any atom is 0.328 e. The smallest absolute Gasteiger partial charge is 0.328 e. The number of azo groups is 1. The zero-order chi connectivity index (χ0) is 17.8. The summed E-state index contributed by atoms with van der Waals surface area (Å²) in [6, 6.07) is 12.9. The molecule has 0 saturated heterocycles. The van der Waals surface area contributed by atoms with Gasteiger partial charge >= 0.3 is 11.6 Å². The van der Waals surface area contributed by atoms with Crippen LogP contribution in [-0.4, -0.2) is 27.6 Å². The van der Waals surface area contributed by atoms with Gasteiger partial charge in [-0.15, -0.1) is 10.2 Å². The van der Waals surface area contributed by atoms with Gasteiger partial charge in [-0.05, 0) is 11.5 Å². The third-order valence-corrected chi connectivity index (χ3v) is 3.26. The Morgan fingerprint density at radius 3 is 2.64 bits per heavy atom. The third-order valence-electron chi connectivity index (χ3n) is 3.26. The van der Waals surface area contributed by atoms with Gasteiger partial charge in [0.1, 0.15) is 5.75 Å². The van der Waals surface area contributed by atoms with Crippen LogP contribution in [0.5, 0.6) is 11.6 Å². The van der Waals surface area contributed by atoms with Gasteiger partial charge in [-0.3, -0.25) is 19.6 Å². The first-order chi connectivity index (χ1) is 12.0. The zero-order valence-corrected chi connectivity index (χ0v) is 12.7. The van der Waals surface area contributed by atoms with E-state index in [1.165, 1.54) is 0 Å². The quantitative estimate of drug-likeness (QED) is 0.620. The molecule has 0 bridgehead atoms. The van der Waals surface area contributed by atoms with Crippen LogP contribution in [0.25, 0.3) is 10.8 Å². The maximum absolute atomic E-state index is 11.8. The second-order valence-corrected chi connectivity index (χ2v) is 4.97. The number of aromatic hydroxyl groups is 1. The van der Waals surface area contributed by atoms with Gasteiger partial charge in [-0.1, -0.05) is 36.4 Å². The van der Waals surface area contributed by atoms with Gasteiger partial charge in [0, 0.05) is 5.39 Å². The molecule has 9 heteroatoms. The van der Waals surface area contributed by atoms with Gasteiger partial charge in [-0.2, -0.15) is 0 Å². The van der Waals surface area contributed by atoms with E-state index in [0.29, 0.717) is 5.75 Å². The number of carbonyl (C=O) groups is 1. The lowest BCUT2D eigenvalue weighted by Crippen LogP contribution is -2.21. The number of aromatic amines is 2. The van der Waals surface area contributed by atoms with E-state index in [1.54, 1.807) is 12.1 Å². The lowest BCUT2D eigenvalue weighted by atomic mass is 10.1. The van der Waals surface area contributed by atoms with Crippen molar-refractivity contribution in [1.82, 2.24) is 9.97 Å². The molecule has 9 nitrogen and oxygen atoms in total.